The van der Waals surface area contributed by atoms with E-state index in [0.717, 1.165) is 18.1 Å². The Bertz CT molecular complexity index is 274. The first-order valence-electron chi connectivity index (χ1n) is 7.08. The lowest BCUT2D eigenvalue weighted by Gasteiger charge is -2.48. The second kappa shape index (κ2) is 3.71. The summed E-state index contributed by atoms with van der Waals surface area (Å²) in [4.78, 5) is 5.56. The van der Waals surface area contributed by atoms with Gasteiger partial charge in [0.25, 0.3) is 0 Å². The molecule has 2 aliphatic heterocycles. The minimum atomic E-state index is 0.602. The average molecular weight is 222 g/mol. The highest BCUT2D eigenvalue weighted by Crippen LogP contribution is 2.50. The van der Waals surface area contributed by atoms with Crippen LogP contribution in [0, 0.1) is 5.41 Å². The van der Waals surface area contributed by atoms with Crippen molar-refractivity contribution >= 4 is 0 Å². The normalized spacial score (nSPS) is 44.1. The van der Waals surface area contributed by atoms with Gasteiger partial charge >= 0.3 is 0 Å². The quantitative estimate of drug-likeness (QED) is 0.672. The number of piperidine rings is 1. The lowest BCUT2D eigenvalue weighted by molar-refractivity contribution is 0.00537. The smallest absolute Gasteiger partial charge is 0.0224 e. The fraction of sp³-hybridized carbons (Fsp3) is 1.00. The molecule has 3 fully saturated rings. The van der Waals surface area contributed by atoms with Gasteiger partial charge in [0.2, 0.25) is 0 Å². The van der Waals surface area contributed by atoms with Gasteiger partial charge in [-0.3, -0.25) is 9.80 Å². The van der Waals surface area contributed by atoms with E-state index >= 15 is 0 Å². The molecule has 0 aromatic rings. The van der Waals surface area contributed by atoms with Crippen molar-refractivity contribution in [3.63, 3.8) is 0 Å². The third-order valence-corrected chi connectivity index (χ3v) is 5.10. The molecular weight excluding hydrogens is 196 g/mol. The van der Waals surface area contributed by atoms with Crippen LogP contribution in [0.4, 0.5) is 0 Å². The molecule has 3 unspecified atom stereocenters. The monoisotopic (exact) mass is 222 g/mol. The Kier molecular flexibility index (Phi) is 2.56. The topological polar surface area (TPSA) is 6.48 Å². The first kappa shape index (κ1) is 11.0. The van der Waals surface area contributed by atoms with Crippen molar-refractivity contribution in [2.45, 2.75) is 64.6 Å². The third kappa shape index (κ3) is 1.80. The summed E-state index contributed by atoms with van der Waals surface area (Å²) in [6.45, 7) is 11.3. The summed E-state index contributed by atoms with van der Waals surface area (Å²) in [5, 5.41) is 0. The summed E-state index contributed by atoms with van der Waals surface area (Å²) >= 11 is 0. The number of fused-ring (bicyclic) bond motifs is 1. The second-order valence-corrected chi connectivity index (χ2v) is 6.90. The Morgan fingerprint density at radius 1 is 1.12 bits per heavy atom. The molecule has 0 radical (unpaired) electrons. The van der Waals surface area contributed by atoms with Crippen LogP contribution in [-0.2, 0) is 0 Å². The second-order valence-electron chi connectivity index (χ2n) is 6.90. The zero-order valence-corrected chi connectivity index (χ0v) is 11.1. The molecule has 2 nitrogen and oxygen atoms in total. The maximum atomic E-state index is 2.81. The largest absolute Gasteiger partial charge is 0.298 e. The molecule has 3 aliphatic rings. The Morgan fingerprint density at radius 2 is 1.88 bits per heavy atom. The lowest BCUT2D eigenvalue weighted by Crippen LogP contribution is -2.59. The highest BCUT2D eigenvalue weighted by atomic mass is 15.3. The van der Waals surface area contributed by atoms with Crippen molar-refractivity contribution < 1.29 is 0 Å². The van der Waals surface area contributed by atoms with Gasteiger partial charge in [0, 0.05) is 31.2 Å². The number of hydrogen-bond donors (Lipinski definition) is 0. The number of hydrogen-bond acceptors (Lipinski definition) is 2. The van der Waals surface area contributed by atoms with E-state index in [4.69, 9.17) is 0 Å². The van der Waals surface area contributed by atoms with Gasteiger partial charge in [0.15, 0.2) is 0 Å². The number of piperazine rings is 1. The zero-order valence-electron chi connectivity index (χ0n) is 11.1. The molecule has 3 atom stereocenters. The molecule has 16 heavy (non-hydrogen) atoms. The Morgan fingerprint density at radius 3 is 2.56 bits per heavy atom. The summed E-state index contributed by atoms with van der Waals surface area (Å²) in [5.41, 5.74) is 0.602. The van der Waals surface area contributed by atoms with Gasteiger partial charge in [0.05, 0.1) is 0 Å². The molecule has 0 aromatic heterocycles. The first-order chi connectivity index (χ1) is 7.58. The van der Waals surface area contributed by atoms with Gasteiger partial charge in [0.1, 0.15) is 0 Å². The minimum absolute atomic E-state index is 0.602. The fourth-order valence-electron chi connectivity index (χ4n) is 3.81. The average Bonchev–Trinajstić information content (AvgIpc) is 2.86. The maximum Gasteiger partial charge on any atom is 0.0224 e. The van der Waals surface area contributed by atoms with Crippen molar-refractivity contribution in [1.29, 1.82) is 0 Å². The van der Waals surface area contributed by atoms with Crippen molar-refractivity contribution in [2.24, 2.45) is 5.41 Å². The van der Waals surface area contributed by atoms with Gasteiger partial charge in [-0.2, -0.15) is 0 Å². The molecule has 3 rings (SSSR count). The van der Waals surface area contributed by atoms with E-state index in [1.807, 2.05) is 0 Å². The van der Waals surface area contributed by atoms with Crippen molar-refractivity contribution in [3.8, 4) is 0 Å². The van der Waals surface area contributed by atoms with Crippen LogP contribution in [0.3, 0.4) is 0 Å². The van der Waals surface area contributed by atoms with Crippen LogP contribution < -0.4 is 0 Å². The SMILES string of the molecule is CC1CN2CCCCC2CN1C1CC1(C)C. The van der Waals surface area contributed by atoms with E-state index in [9.17, 15) is 0 Å². The van der Waals surface area contributed by atoms with E-state index in [1.165, 1.54) is 45.3 Å². The van der Waals surface area contributed by atoms with Crippen LogP contribution in [0.25, 0.3) is 0 Å². The molecular formula is C14H26N2. The van der Waals surface area contributed by atoms with Crippen LogP contribution in [-0.4, -0.2) is 47.6 Å². The Balaban J connectivity index is 1.68. The molecule has 0 amide bonds. The fourth-order valence-corrected chi connectivity index (χ4v) is 3.81. The highest BCUT2D eigenvalue weighted by molar-refractivity contribution is 5.06. The molecule has 0 spiro atoms. The number of nitrogens with zero attached hydrogens (tertiary/aromatic N) is 2. The molecule has 92 valence electrons. The van der Waals surface area contributed by atoms with Crippen molar-refractivity contribution in [1.82, 2.24) is 9.80 Å². The van der Waals surface area contributed by atoms with Crippen LogP contribution in [0.2, 0.25) is 0 Å². The van der Waals surface area contributed by atoms with Crippen LogP contribution in [0.15, 0.2) is 0 Å². The van der Waals surface area contributed by atoms with E-state index in [0.29, 0.717) is 5.41 Å². The van der Waals surface area contributed by atoms with Gasteiger partial charge in [-0.05, 0) is 38.1 Å². The maximum absolute atomic E-state index is 2.81. The predicted octanol–water partition coefficient (Wildman–Crippen LogP) is 2.34. The van der Waals surface area contributed by atoms with Crippen molar-refractivity contribution in [3.05, 3.63) is 0 Å². The molecule has 2 heterocycles. The molecule has 0 N–H and O–H groups in total. The number of rotatable bonds is 1. The van der Waals surface area contributed by atoms with E-state index in [2.05, 4.69) is 30.6 Å². The summed E-state index contributed by atoms with van der Waals surface area (Å²) in [7, 11) is 0. The van der Waals surface area contributed by atoms with Crippen LogP contribution in [0.5, 0.6) is 0 Å². The lowest BCUT2D eigenvalue weighted by atomic mass is 9.96. The molecule has 0 aromatic carbocycles. The Hall–Kier alpha value is -0.0800. The standard InChI is InChI=1S/C14H26N2/c1-11-9-15-7-5-4-6-12(15)10-16(11)13-8-14(13,2)3/h11-13H,4-10H2,1-3H3. The molecule has 0 bridgehead atoms. The van der Waals surface area contributed by atoms with Gasteiger partial charge < -0.3 is 0 Å². The van der Waals surface area contributed by atoms with Crippen LogP contribution >= 0.6 is 0 Å². The Labute approximate surface area is 100.0 Å². The molecule has 2 heteroatoms. The minimum Gasteiger partial charge on any atom is -0.298 e. The third-order valence-electron chi connectivity index (χ3n) is 5.10. The highest BCUT2D eigenvalue weighted by Gasteiger charge is 2.52. The summed E-state index contributed by atoms with van der Waals surface area (Å²) in [5.74, 6) is 0. The summed E-state index contributed by atoms with van der Waals surface area (Å²) in [6, 6.07) is 2.54. The van der Waals surface area contributed by atoms with Crippen molar-refractivity contribution in [2.75, 3.05) is 19.6 Å². The first-order valence-corrected chi connectivity index (χ1v) is 7.08. The predicted molar refractivity (Wildman–Crippen MR) is 67.6 cm³/mol. The van der Waals surface area contributed by atoms with E-state index in [-0.39, 0.29) is 0 Å². The van der Waals surface area contributed by atoms with Gasteiger partial charge in [-0.15, -0.1) is 0 Å². The van der Waals surface area contributed by atoms with E-state index in [1.54, 1.807) is 0 Å². The van der Waals surface area contributed by atoms with E-state index < -0.39 is 0 Å². The summed E-state index contributed by atoms with van der Waals surface area (Å²) in [6.07, 6.45) is 5.75. The zero-order chi connectivity index (χ0) is 11.3. The van der Waals surface area contributed by atoms with Crippen LogP contribution in [0.1, 0.15) is 46.5 Å². The molecule has 1 saturated carbocycles. The summed E-state index contributed by atoms with van der Waals surface area (Å²) < 4.78 is 0. The van der Waals surface area contributed by atoms with Gasteiger partial charge in [-0.1, -0.05) is 20.3 Å². The van der Waals surface area contributed by atoms with Gasteiger partial charge in [-0.25, -0.2) is 0 Å². The molecule has 1 aliphatic carbocycles. The molecule has 2 saturated heterocycles.